The molecule has 1 aliphatic rings. The van der Waals surface area contributed by atoms with Gasteiger partial charge in [0.1, 0.15) is 5.82 Å². The molecule has 76 valence electrons. The molecule has 1 saturated carbocycles. The Hall–Kier alpha value is -0.920. The third-order valence-electron chi connectivity index (χ3n) is 3.21. The molecule has 1 heterocycles. The number of hydrogen-bond donors (Lipinski definition) is 0. The maximum atomic E-state index is 13.3. The van der Waals surface area contributed by atoms with Crippen molar-refractivity contribution in [2.75, 3.05) is 0 Å². The monoisotopic (exact) mass is 193 g/mol. The summed E-state index contributed by atoms with van der Waals surface area (Å²) in [5, 5.41) is 0. The highest BCUT2D eigenvalue weighted by atomic mass is 19.1. The smallest absolute Gasteiger partial charge is 0.144 e. The summed E-state index contributed by atoms with van der Waals surface area (Å²) in [5.41, 5.74) is 1.58. The number of aryl methyl sites for hydroxylation is 1. The van der Waals surface area contributed by atoms with Crippen LogP contribution in [0.2, 0.25) is 0 Å². The predicted octanol–water partition coefficient (Wildman–Crippen LogP) is 3.43. The lowest BCUT2D eigenvalue weighted by atomic mass is 9.98. The molecule has 2 atom stereocenters. The van der Waals surface area contributed by atoms with Crippen LogP contribution in [0.25, 0.3) is 0 Å². The number of aromatic nitrogens is 1. The van der Waals surface area contributed by atoms with Crippen molar-refractivity contribution in [2.24, 2.45) is 5.92 Å². The second-order valence-corrected chi connectivity index (χ2v) is 4.45. The van der Waals surface area contributed by atoms with Crippen LogP contribution < -0.4 is 0 Å². The molecule has 0 N–H and O–H groups in total. The Morgan fingerprint density at radius 3 is 2.79 bits per heavy atom. The van der Waals surface area contributed by atoms with Crippen LogP contribution in [-0.4, -0.2) is 4.98 Å². The van der Waals surface area contributed by atoms with Gasteiger partial charge < -0.3 is 0 Å². The van der Waals surface area contributed by atoms with Crippen molar-refractivity contribution in [1.82, 2.24) is 4.98 Å². The average molecular weight is 193 g/mol. The first-order valence-electron chi connectivity index (χ1n) is 5.29. The summed E-state index contributed by atoms with van der Waals surface area (Å²) in [6.07, 6.45) is 5.47. The largest absolute Gasteiger partial charge is 0.258 e. The molecule has 0 aliphatic heterocycles. The molecule has 14 heavy (non-hydrogen) atoms. The zero-order chi connectivity index (χ0) is 10.1. The van der Waals surface area contributed by atoms with Gasteiger partial charge in [0.2, 0.25) is 0 Å². The minimum Gasteiger partial charge on any atom is -0.258 e. The maximum absolute atomic E-state index is 13.3. The summed E-state index contributed by atoms with van der Waals surface area (Å²) in [6, 6.07) is 1.66. The van der Waals surface area contributed by atoms with Crippen molar-refractivity contribution in [3.8, 4) is 0 Å². The van der Waals surface area contributed by atoms with Crippen LogP contribution in [0.1, 0.15) is 43.4 Å². The van der Waals surface area contributed by atoms with E-state index in [1.54, 1.807) is 13.0 Å². The molecule has 1 nitrogen and oxygen atoms in total. The number of hydrogen-bond acceptors (Lipinski definition) is 1. The van der Waals surface area contributed by atoms with Crippen LogP contribution in [0.4, 0.5) is 4.39 Å². The van der Waals surface area contributed by atoms with E-state index in [1.807, 2.05) is 6.20 Å². The van der Waals surface area contributed by atoms with Crippen LogP contribution in [-0.2, 0) is 0 Å². The summed E-state index contributed by atoms with van der Waals surface area (Å²) in [4.78, 5) is 4.07. The van der Waals surface area contributed by atoms with E-state index in [0.717, 1.165) is 11.5 Å². The van der Waals surface area contributed by atoms with E-state index in [4.69, 9.17) is 0 Å². The van der Waals surface area contributed by atoms with Gasteiger partial charge in [-0.1, -0.05) is 13.3 Å². The first-order chi connectivity index (χ1) is 6.66. The fraction of sp³-hybridized carbons (Fsp3) is 0.583. The molecule has 0 amide bonds. The standard InChI is InChI=1S/C12H16FN/c1-8-3-4-10(5-8)11-6-12(13)9(2)14-7-11/h6-8,10H,3-5H2,1-2H3. The fourth-order valence-corrected chi connectivity index (χ4v) is 2.25. The molecular weight excluding hydrogens is 177 g/mol. The Labute approximate surface area is 84.4 Å². The summed E-state index contributed by atoms with van der Waals surface area (Å²) in [5.74, 6) is 1.15. The van der Waals surface area contributed by atoms with E-state index < -0.39 is 0 Å². The molecule has 0 bridgehead atoms. The van der Waals surface area contributed by atoms with Gasteiger partial charge in [0.05, 0.1) is 5.69 Å². The van der Waals surface area contributed by atoms with Gasteiger partial charge in [0.25, 0.3) is 0 Å². The van der Waals surface area contributed by atoms with Crippen molar-refractivity contribution in [3.63, 3.8) is 0 Å². The van der Waals surface area contributed by atoms with Gasteiger partial charge in [-0.3, -0.25) is 4.98 Å². The fourth-order valence-electron chi connectivity index (χ4n) is 2.25. The Kier molecular flexibility index (Phi) is 2.53. The number of nitrogens with zero attached hydrogens (tertiary/aromatic N) is 1. The van der Waals surface area contributed by atoms with E-state index >= 15 is 0 Å². The first kappa shape index (κ1) is 9.63. The topological polar surface area (TPSA) is 12.9 Å². The normalized spacial score (nSPS) is 26.8. The minimum absolute atomic E-state index is 0.165. The summed E-state index contributed by atoms with van der Waals surface area (Å²) in [6.45, 7) is 3.97. The van der Waals surface area contributed by atoms with Crippen LogP contribution >= 0.6 is 0 Å². The Balaban J connectivity index is 2.20. The van der Waals surface area contributed by atoms with Gasteiger partial charge >= 0.3 is 0 Å². The molecule has 1 aromatic heterocycles. The van der Waals surface area contributed by atoms with Gasteiger partial charge in [-0.05, 0) is 43.2 Å². The lowest BCUT2D eigenvalue weighted by Crippen LogP contribution is -1.97. The summed E-state index contributed by atoms with van der Waals surface area (Å²) < 4.78 is 13.3. The van der Waals surface area contributed by atoms with E-state index in [-0.39, 0.29) is 5.82 Å². The third-order valence-corrected chi connectivity index (χ3v) is 3.21. The molecule has 1 fully saturated rings. The van der Waals surface area contributed by atoms with Crippen molar-refractivity contribution in [1.29, 1.82) is 0 Å². The van der Waals surface area contributed by atoms with Crippen LogP contribution in [0.15, 0.2) is 12.3 Å². The predicted molar refractivity (Wildman–Crippen MR) is 54.7 cm³/mol. The number of rotatable bonds is 1. The van der Waals surface area contributed by atoms with Gasteiger partial charge in [-0.15, -0.1) is 0 Å². The Morgan fingerprint density at radius 1 is 1.43 bits per heavy atom. The molecule has 0 radical (unpaired) electrons. The maximum Gasteiger partial charge on any atom is 0.144 e. The number of pyridine rings is 1. The lowest BCUT2D eigenvalue weighted by molar-refractivity contribution is 0.583. The second kappa shape index (κ2) is 3.68. The average Bonchev–Trinajstić information content (AvgIpc) is 2.57. The Morgan fingerprint density at radius 2 is 2.21 bits per heavy atom. The van der Waals surface area contributed by atoms with Crippen molar-refractivity contribution in [2.45, 2.75) is 39.0 Å². The molecule has 0 saturated heterocycles. The van der Waals surface area contributed by atoms with Gasteiger partial charge in [0.15, 0.2) is 0 Å². The van der Waals surface area contributed by atoms with Crippen LogP contribution in [0.5, 0.6) is 0 Å². The molecule has 0 aromatic carbocycles. The van der Waals surface area contributed by atoms with Crippen molar-refractivity contribution < 1.29 is 4.39 Å². The van der Waals surface area contributed by atoms with Crippen molar-refractivity contribution in [3.05, 3.63) is 29.3 Å². The quantitative estimate of drug-likeness (QED) is 0.665. The minimum atomic E-state index is -0.165. The van der Waals surface area contributed by atoms with Crippen LogP contribution in [0.3, 0.4) is 0 Å². The Bertz CT molecular complexity index is 335. The highest BCUT2D eigenvalue weighted by molar-refractivity contribution is 5.20. The second-order valence-electron chi connectivity index (χ2n) is 4.45. The molecular formula is C12H16FN. The van der Waals surface area contributed by atoms with E-state index in [0.29, 0.717) is 11.6 Å². The molecule has 0 spiro atoms. The van der Waals surface area contributed by atoms with E-state index in [9.17, 15) is 4.39 Å². The molecule has 2 unspecified atom stereocenters. The molecule has 2 rings (SSSR count). The highest BCUT2D eigenvalue weighted by Crippen LogP contribution is 2.37. The van der Waals surface area contributed by atoms with E-state index in [2.05, 4.69) is 11.9 Å². The zero-order valence-electron chi connectivity index (χ0n) is 8.76. The van der Waals surface area contributed by atoms with Crippen molar-refractivity contribution >= 4 is 0 Å². The third kappa shape index (κ3) is 1.79. The van der Waals surface area contributed by atoms with Gasteiger partial charge in [-0.2, -0.15) is 0 Å². The SMILES string of the molecule is Cc1ncc(C2CCC(C)C2)cc1F. The van der Waals surface area contributed by atoms with E-state index in [1.165, 1.54) is 19.3 Å². The molecule has 1 aromatic rings. The number of halogens is 1. The molecule has 2 heteroatoms. The van der Waals surface area contributed by atoms with Crippen LogP contribution in [0, 0.1) is 18.7 Å². The first-order valence-corrected chi connectivity index (χ1v) is 5.29. The summed E-state index contributed by atoms with van der Waals surface area (Å²) in [7, 11) is 0. The summed E-state index contributed by atoms with van der Waals surface area (Å²) >= 11 is 0. The van der Waals surface area contributed by atoms with Gasteiger partial charge in [-0.25, -0.2) is 4.39 Å². The highest BCUT2D eigenvalue weighted by Gasteiger charge is 2.23. The molecule has 1 aliphatic carbocycles. The zero-order valence-corrected chi connectivity index (χ0v) is 8.76. The lowest BCUT2D eigenvalue weighted by Gasteiger charge is -2.09. The van der Waals surface area contributed by atoms with Gasteiger partial charge in [0, 0.05) is 6.20 Å².